The van der Waals surface area contributed by atoms with Gasteiger partial charge in [0.25, 0.3) is 0 Å². The molecule has 0 N–H and O–H groups in total. The molecule has 0 saturated carbocycles. The van der Waals surface area contributed by atoms with Gasteiger partial charge in [-0.3, -0.25) is 0 Å². The Morgan fingerprint density at radius 1 is 0.442 bits per heavy atom. The van der Waals surface area contributed by atoms with Crippen molar-refractivity contribution in [3.8, 4) is 22.3 Å². The molecule has 1 nitrogen and oxygen atoms in total. The number of nitrogens with zero attached hydrogens (tertiary/aromatic N) is 1. The fraction of sp³-hybridized carbons (Fsp3) is 0.0417. The van der Waals surface area contributed by atoms with Gasteiger partial charge in [0.2, 0.25) is 0 Å². The molecule has 0 fully saturated rings. The Labute approximate surface area is 311 Å². The van der Waals surface area contributed by atoms with Crippen LogP contribution in [0.2, 0.25) is 13.1 Å². The Hall–Kier alpha value is -5.52. The van der Waals surface area contributed by atoms with Crippen molar-refractivity contribution in [2.24, 2.45) is 0 Å². The zero-order valence-electron chi connectivity index (χ0n) is 28.9. The molecule has 11 rings (SSSR count). The fourth-order valence-corrected chi connectivity index (χ4v) is 14.4. The minimum atomic E-state index is -2.00. The maximum Gasteiger partial charge on any atom is 0.114 e. The van der Waals surface area contributed by atoms with Crippen molar-refractivity contribution in [2.45, 2.75) is 13.1 Å². The second-order valence-corrected chi connectivity index (χ2v) is 20.9. The van der Waals surface area contributed by atoms with Gasteiger partial charge < -0.3 is 4.90 Å². The van der Waals surface area contributed by atoms with E-state index in [2.05, 4.69) is 182 Å². The van der Waals surface area contributed by atoms with Crippen LogP contribution < -0.4 is 15.3 Å². The summed E-state index contributed by atoms with van der Waals surface area (Å²) in [5.41, 5.74) is 8.97. The van der Waals surface area contributed by atoms with Gasteiger partial charge >= 0.3 is 0 Å². The van der Waals surface area contributed by atoms with Gasteiger partial charge in [0, 0.05) is 47.0 Å². The molecule has 0 saturated heterocycles. The third-order valence-electron chi connectivity index (χ3n) is 11.3. The summed E-state index contributed by atoms with van der Waals surface area (Å²) < 4.78 is 5.43. The van der Waals surface area contributed by atoms with E-state index in [0.29, 0.717) is 0 Å². The third-order valence-corrected chi connectivity index (χ3v) is 17.2. The topological polar surface area (TPSA) is 3.24 Å². The minimum Gasteiger partial charge on any atom is -0.309 e. The van der Waals surface area contributed by atoms with Crippen molar-refractivity contribution in [3.05, 3.63) is 164 Å². The fourth-order valence-electron chi connectivity index (χ4n) is 8.73. The Kier molecular flexibility index (Phi) is 6.51. The molecule has 4 heteroatoms. The molecule has 8 aromatic carbocycles. The number of thiophene rings is 2. The normalized spacial score (nSPS) is 13.3. The minimum absolute atomic E-state index is 1.16. The molecule has 0 spiro atoms. The van der Waals surface area contributed by atoms with Crippen molar-refractivity contribution in [3.63, 3.8) is 0 Å². The summed E-state index contributed by atoms with van der Waals surface area (Å²) >= 11 is 3.85. The molecule has 2 aromatic heterocycles. The van der Waals surface area contributed by atoms with Crippen LogP contribution in [0, 0.1) is 0 Å². The molecular weight excluding hydrogens is 683 g/mol. The lowest BCUT2D eigenvalue weighted by Gasteiger charge is -2.28. The van der Waals surface area contributed by atoms with Crippen LogP contribution in [0.5, 0.6) is 0 Å². The maximum atomic E-state index is 2.54. The van der Waals surface area contributed by atoms with E-state index >= 15 is 0 Å². The first kappa shape index (κ1) is 30.1. The highest BCUT2D eigenvalue weighted by Crippen LogP contribution is 2.47. The van der Waals surface area contributed by atoms with Gasteiger partial charge in [-0.25, -0.2) is 0 Å². The molecule has 0 unspecified atom stereocenters. The summed E-state index contributed by atoms with van der Waals surface area (Å²) in [6, 6.07) is 61.2. The molecule has 3 heterocycles. The van der Waals surface area contributed by atoms with Crippen LogP contribution in [0.4, 0.5) is 17.1 Å². The van der Waals surface area contributed by atoms with E-state index in [1.54, 1.807) is 5.19 Å². The van der Waals surface area contributed by atoms with E-state index in [4.69, 9.17) is 0 Å². The van der Waals surface area contributed by atoms with Crippen LogP contribution in [0.15, 0.2) is 164 Å². The number of fused-ring (bicyclic) bond motifs is 11. The molecule has 0 radical (unpaired) electrons. The standard InChI is InChI=1S/C48H33NS2Si/c1-52(2)44-28-27-39-37-15-6-8-20-43(37)51-48(39)46(44)40-26-25-33(29-45(40)52)49(41-18-10-17-38-36-14-5-7-19-42(36)50-47(38)41)32-23-21-31(22-24-32)35-16-9-12-30-11-3-4-13-34(30)35/h3-29H,1-2H3. The first-order valence-electron chi connectivity index (χ1n) is 17.9. The Morgan fingerprint density at radius 2 is 1.06 bits per heavy atom. The van der Waals surface area contributed by atoms with Crippen molar-refractivity contribution in [2.75, 3.05) is 4.90 Å². The monoisotopic (exact) mass is 715 g/mol. The second-order valence-electron chi connectivity index (χ2n) is 14.5. The summed E-state index contributed by atoms with van der Waals surface area (Å²) in [6.45, 7) is 5.08. The quantitative estimate of drug-likeness (QED) is 0.164. The Bertz CT molecular complexity index is 3050. The van der Waals surface area contributed by atoms with E-state index in [1.165, 1.54) is 89.9 Å². The number of rotatable bonds is 4. The maximum absolute atomic E-state index is 2.54. The molecule has 0 atom stereocenters. The number of hydrogen-bond acceptors (Lipinski definition) is 3. The molecule has 246 valence electrons. The van der Waals surface area contributed by atoms with Crippen molar-refractivity contribution < 1.29 is 0 Å². The first-order chi connectivity index (χ1) is 25.5. The van der Waals surface area contributed by atoms with E-state index in [-0.39, 0.29) is 0 Å². The molecule has 0 amide bonds. The van der Waals surface area contributed by atoms with Gasteiger partial charge in [0.15, 0.2) is 0 Å². The zero-order valence-corrected chi connectivity index (χ0v) is 31.5. The highest BCUT2D eigenvalue weighted by atomic mass is 32.1. The van der Waals surface area contributed by atoms with Crippen LogP contribution in [0.25, 0.3) is 73.4 Å². The number of hydrogen-bond donors (Lipinski definition) is 0. The predicted molar refractivity (Wildman–Crippen MR) is 232 cm³/mol. The molecule has 0 bridgehead atoms. The molecule has 1 aliphatic rings. The lowest BCUT2D eigenvalue weighted by molar-refractivity contribution is 1.31. The highest BCUT2D eigenvalue weighted by molar-refractivity contribution is 7.27. The van der Waals surface area contributed by atoms with Gasteiger partial charge in [-0.1, -0.05) is 134 Å². The van der Waals surface area contributed by atoms with Crippen LogP contribution in [0.3, 0.4) is 0 Å². The average molecular weight is 716 g/mol. The summed E-state index contributed by atoms with van der Waals surface area (Å²) in [4.78, 5) is 2.51. The molecule has 0 aliphatic carbocycles. The van der Waals surface area contributed by atoms with Gasteiger partial charge in [0.1, 0.15) is 8.07 Å². The number of anilines is 3. The summed E-state index contributed by atoms with van der Waals surface area (Å²) in [7, 11) is -2.00. The first-order valence-corrected chi connectivity index (χ1v) is 22.6. The van der Waals surface area contributed by atoms with E-state index in [9.17, 15) is 0 Å². The van der Waals surface area contributed by atoms with Crippen molar-refractivity contribution in [1.82, 2.24) is 0 Å². The smallest absolute Gasteiger partial charge is 0.114 e. The van der Waals surface area contributed by atoms with E-state index in [1.807, 2.05) is 22.7 Å². The largest absolute Gasteiger partial charge is 0.309 e. The van der Waals surface area contributed by atoms with Gasteiger partial charge in [-0.05, 0) is 85.9 Å². The van der Waals surface area contributed by atoms with Crippen LogP contribution in [-0.2, 0) is 0 Å². The van der Waals surface area contributed by atoms with E-state index in [0.717, 1.165) is 5.69 Å². The third kappa shape index (κ3) is 4.32. The summed E-state index contributed by atoms with van der Waals surface area (Å²) in [5.74, 6) is 0. The molecule has 1 aliphatic heterocycles. The average Bonchev–Trinajstić information content (AvgIpc) is 3.83. The summed E-state index contributed by atoms with van der Waals surface area (Å²) in [6.07, 6.45) is 0. The van der Waals surface area contributed by atoms with Crippen LogP contribution >= 0.6 is 22.7 Å². The van der Waals surface area contributed by atoms with Gasteiger partial charge in [-0.15, -0.1) is 22.7 Å². The molecular formula is C48H33NS2Si. The molecule has 10 aromatic rings. The SMILES string of the molecule is C[Si]1(C)c2cc(N(c3ccc(-c4cccc5ccccc45)cc3)c3cccc4c3sc3ccccc34)ccc2-c2c1ccc1c2sc2ccccc21. The van der Waals surface area contributed by atoms with Gasteiger partial charge in [0.05, 0.1) is 10.4 Å². The lowest BCUT2D eigenvalue weighted by Crippen LogP contribution is -2.49. The van der Waals surface area contributed by atoms with Crippen LogP contribution in [-0.4, -0.2) is 8.07 Å². The Morgan fingerprint density at radius 3 is 1.85 bits per heavy atom. The van der Waals surface area contributed by atoms with E-state index < -0.39 is 8.07 Å². The molecule has 52 heavy (non-hydrogen) atoms. The highest BCUT2D eigenvalue weighted by Gasteiger charge is 2.39. The second kappa shape index (κ2) is 11.2. The summed E-state index contributed by atoms with van der Waals surface area (Å²) in [5, 5.41) is 11.0. The Balaban J connectivity index is 1.12. The lowest BCUT2D eigenvalue weighted by atomic mass is 9.98. The number of benzene rings is 8. The van der Waals surface area contributed by atoms with Crippen molar-refractivity contribution in [1.29, 1.82) is 0 Å². The predicted octanol–water partition coefficient (Wildman–Crippen LogP) is 13.5. The van der Waals surface area contributed by atoms with Crippen molar-refractivity contribution >= 4 is 109 Å². The van der Waals surface area contributed by atoms with Crippen LogP contribution in [0.1, 0.15) is 0 Å². The van der Waals surface area contributed by atoms with Gasteiger partial charge in [-0.2, -0.15) is 0 Å². The zero-order chi connectivity index (χ0) is 34.6.